The number of amides is 1. The van der Waals surface area contributed by atoms with Gasteiger partial charge < -0.3 is 5.32 Å². The number of nitrogens with one attached hydrogen (secondary N) is 1. The highest BCUT2D eigenvalue weighted by Gasteiger charge is 2.14. The molecule has 2 aromatic rings. The predicted molar refractivity (Wildman–Crippen MR) is 77.3 cm³/mol. The number of hydrogen-bond donors (Lipinski definition) is 1. The van der Waals surface area contributed by atoms with E-state index in [0.717, 1.165) is 10.9 Å². The van der Waals surface area contributed by atoms with Crippen molar-refractivity contribution in [2.75, 3.05) is 0 Å². The van der Waals surface area contributed by atoms with Crippen LogP contribution in [-0.4, -0.2) is 21.2 Å². The number of hydrogen-bond acceptors (Lipinski definition) is 2. The summed E-state index contributed by atoms with van der Waals surface area (Å²) in [5, 5.41) is 8.59. The molecule has 4 nitrogen and oxygen atoms in total. The van der Waals surface area contributed by atoms with E-state index in [1.54, 1.807) is 4.68 Å². The molecule has 0 saturated heterocycles. The van der Waals surface area contributed by atoms with E-state index in [-0.39, 0.29) is 11.4 Å². The van der Waals surface area contributed by atoms with Gasteiger partial charge in [0.1, 0.15) is 0 Å². The molecule has 0 bridgehead atoms. The Labute approximate surface area is 117 Å². The minimum absolute atomic E-state index is 0.0169. The summed E-state index contributed by atoms with van der Waals surface area (Å²) in [5.41, 5.74) is 0.747. The van der Waals surface area contributed by atoms with Crippen LogP contribution in [0, 0.1) is 0 Å². The van der Waals surface area contributed by atoms with E-state index in [0.29, 0.717) is 18.1 Å². The molecule has 0 saturated carbocycles. The van der Waals surface area contributed by atoms with Gasteiger partial charge in [0, 0.05) is 17.3 Å². The monoisotopic (exact) mass is 279 g/mol. The van der Waals surface area contributed by atoms with Crippen molar-refractivity contribution < 1.29 is 4.79 Å². The van der Waals surface area contributed by atoms with Crippen LogP contribution in [0.5, 0.6) is 0 Å². The second-order valence-corrected chi connectivity index (χ2v) is 5.94. The van der Waals surface area contributed by atoms with Crippen molar-refractivity contribution in [3.05, 3.63) is 29.4 Å². The highest BCUT2D eigenvalue weighted by atomic mass is 35.5. The van der Waals surface area contributed by atoms with Crippen molar-refractivity contribution in [2.24, 2.45) is 0 Å². The van der Waals surface area contributed by atoms with E-state index in [9.17, 15) is 4.79 Å². The van der Waals surface area contributed by atoms with Crippen molar-refractivity contribution in [2.45, 2.75) is 39.3 Å². The Bertz CT molecular complexity index is 598. The maximum atomic E-state index is 11.8. The van der Waals surface area contributed by atoms with Crippen LogP contribution in [0.3, 0.4) is 0 Å². The highest BCUT2D eigenvalue weighted by Crippen LogP contribution is 2.22. The number of rotatable bonds is 3. The molecule has 0 radical (unpaired) electrons. The van der Waals surface area contributed by atoms with E-state index >= 15 is 0 Å². The summed E-state index contributed by atoms with van der Waals surface area (Å²) < 4.78 is 1.78. The number of aryl methyl sites for hydroxylation is 1. The first kappa shape index (κ1) is 13.9. The summed E-state index contributed by atoms with van der Waals surface area (Å²) in [6.45, 7) is 6.41. The molecule has 1 amide bonds. The largest absolute Gasteiger partial charge is 0.351 e. The molecule has 0 spiro atoms. The molecule has 0 aliphatic heterocycles. The number of benzene rings is 1. The van der Waals surface area contributed by atoms with E-state index < -0.39 is 0 Å². The Morgan fingerprint density at radius 1 is 1.37 bits per heavy atom. The standard InChI is InChI=1S/C14H18ClN3O/c1-14(2,3)16-12(19)8-9-18-11-7-5-4-6-10(11)13(15)17-18/h4-7H,8-9H2,1-3H3,(H,16,19). The van der Waals surface area contributed by atoms with Gasteiger partial charge >= 0.3 is 0 Å². The number of aromatic nitrogens is 2. The molecule has 5 heteroatoms. The van der Waals surface area contributed by atoms with Crippen molar-refractivity contribution in [3.8, 4) is 0 Å². The fourth-order valence-corrected chi connectivity index (χ4v) is 2.20. The highest BCUT2D eigenvalue weighted by molar-refractivity contribution is 6.34. The smallest absolute Gasteiger partial charge is 0.222 e. The number of carbonyl (C=O) groups excluding carboxylic acids is 1. The third-order valence-corrected chi connectivity index (χ3v) is 2.96. The van der Waals surface area contributed by atoms with Crippen LogP contribution in [0.25, 0.3) is 10.9 Å². The average molecular weight is 280 g/mol. The van der Waals surface area contributed by atoms with Gasteiger partial charge in [0.2, 0.25) is 5.91 Å². The second kappa shape index (κ2) is 5.21. The predicted octanol–water partition coefficient (Wildman–Crippen LogP) is 2.99. The maximum Gasteiger partial charge on any atom is 0.222 e. The van der Waals surface area contributed by atoms with Gasteiger partial charge in [0.15, 0.2) is 5.15 Å². The molecule has 1 aromatic heterocycles. The zero-order valence-corrected chi connectivity index (χ0v) is 12.2. The Kier molecular flexibility index (Phi) is 3.80. The number of carbonyl (C=O) groups is 1. The van der Waals surface area contributed by atoms with Gasteiger partial charge in [-0.25, -0.2) is 0 Å². The second-order valence-electron chi connectivity index (χ2n) is 5.58. The first-order valence-corrected chi connectivity index (χ1v) is 6.67. The Morgan fingerprint density at radius 2 is 2.05 bits per heavy atom. The van der Waals surface area contributed by atoms with Crippen LogP contribution in [0.15, 0.2) is 24.3 Å². The average Bonchev–Trinajstić information content (AvgIpc) is 2.62. The summed E-state index contributed by atoms with van der Waals surface area (Å²) in [5.74, 6) is 0.0169. The lowest BCUT2D eigenvalue weighted by Gasteiger charge is -2.20. The molecule has 0 aliphatic rings. The van der Waals surface area contributed by atoms with Gasteiger partial charge in [-0.15, -0.1) is 0 Å². The van der Waals surface area contributed by atoms with Crippen molar-refractivity contribution >= 4 is 28.4 Å². The van der Waals surface area contributed by atoms with Gasteiger partial charge in [-0.2, -0.15) is 5.10 Å². The molecule has 0 unspecified atom stereocenters. The molecule has 1 heterocycles. The Hall–Kier alpha value is -1.55. The minimum Gasteiger partial charge on any atom is -0.351 e. The van der Waals surface area contributed by atoms with Crippen LogP contribution < -0.4 is 5.32 Å². The summed E-state index contributed by atoms with van der Waals surface area (Å²) in [7, 11) is 0. The molecule has 1 aromatic carbocycles. The van der Waals surface area contributed by atoms with E-state index in [1.165, 1.54) is 0 Å². The first-order chi connectivity index (χ1) is 8.87. The van der Waals surface area contributed by atoms with Crippen molar-refractivity contribution in [1.29, 1.82) is 0 Å². The topological polar surface area (TPSA) is 46.9 Å². The third-order valence-electron chi connectivity index (χ3n) is 2.68. The molecular weight excluding hydrogens is 262 g/mol. The normalized spacial score (nSPS) is 11.8. The lowest BCUT2D eigenvalue weighted by Crippen LogP contribution is -2.40. The fourth-order valence-electron chi connectivity index (χ4n) is 1.95. The zero-order chi connectivity index (χ0) is 14.0. The maximum absolute atomic E-state index is 11.8. The van der Waals surface area contributed by atoms with Gasteiger partial charge in [-0.1, -0.05) is 23.7 Å². The molecule has 0 aliphatic carbocycles. The van der Waals surface area contributed by atoms with Gasteiger partial charge in [0.25, 0.3) is 0 Å². The lowest BCUT2D eigenvalue weighted by molar-refractivity contribution is -0.122. The molecule has 2 rings (SSSR count). The van der Waals surface area contributed by atoms with Crippen LogP contribution in [0.1, 0.15) is 27.2 Å². The van der Waals surface area contributed by atoms with Gasteiger partial charge in [-0.3, -0.25) is 9.48 Å². The van der Waals surface area contributed by atoms with E-state index in [2.05, 4.69) is 10.4 Å². The zero-order valence-electron chi connectivity index (χ0n) is 11.4. The fraction of sp³-hybridized carbons (Fsp3) is 0.429. The molecular formula is C14H18ClN3O. The molecule has 102 valence electrons. The van der Waals surface area contributed by atoms with Crippen LogP contribution in [0.2, 0.25) is 5.15 Å². The number of fused-ring (bicyclic) bond motifs is 1. The summed E-state index contributed by atoms with van der Waals surface area (Å²) >= 11 is 6.07. The molecule has 0 atom stereocenters. The first-order valence-electron chi connectivity index (χ1n) is 6.29. The lowest BCUT2D eigenvalue weighted by atomic mass is 10.1. The van der Waals surface area contributed by atoms with Crippen LogP contribution in [0.4, 0.5) is 0 Å². The SMILES string of the molecule is CC(C)(C)NC(=O)CCn1nc(Cl)c2ccccc21. The number of para-hydroxylation sites is 1. The molecule has 1 N–H and O–H groups in total. The van der Waals surface area contributed by atoms with E-state index in [1.807, 2.05) is 45.0 Å². The molecule has 19 heavy (non-hydrogen) atoms. The third kappa shape index (κ3) is 3.47. The van der Waals surface area contributed by atoms with Gasteiger partial charge in [0.05, 0.1) is 12.1 Å². The van der Waals surface area contributed by atoms with Crippen molar-refractivity contribution in [3.63, 3.8) is 0 Å². The summed E-state index contributed by atoms with van der Waals surface area (Å²) in [4.78, 5) is 11.8. The minimum atomic E-state index is -0.207. The summed E-state index contributed by atoms with van der Waals surface area (Å²) in [6, 6.07) is 7.74. The quantitative estimate of drug-likeness (QED) is 0.939. The number of nitrogens with zero attached hydrogens (tertiary/aromatic N) is 2. The molecule has 0 fully saturated rings. The van der Waals surface area contributed by atoms with E-state index in [4.69, 9.17) is 11.6 Å². The van der Waals surface area contributed by atoms with Gasteiger partial charge in [-0.05, 0) is 32.9 Å². The van der Waals surface area contributed by atoms with Crippen molar-refractivity contribution in [1.82, 2.24) is 15.1 Å². The Morgan fingerprint density at radius 3 is 2.74 bits per heavy atom. The van der Waals surface area contributed by atoms with Crippen LogP contribution in [-0.2, 0) is 11.3 Å². The Balaban J connectivity index is 2.08. The number of halogens is 1. The summed E-state index contributed by atoms with van der Waals surface area (Å²) in [6.07, 6.45) is 0.388. The van der Waals surface area contributed by atoms with Crippen LogP contribution >= 0.6 is 11.6 Å².